The van der Waals surface area contributed by atoms with Crippen molar-refractivity contribution in [3.63, 3.8) is 0 Å². The Morgan fingerprint density at radius 1 is 1.12 bits per heavy atom. The van der Waals surface area contributed by atoms with Gasteiger partial charge in [0.05, 0.1) is 18.0 Å². The van der Waals surface area contributed by atoms with Crippen LogP contribution in [0.2, 0.25) is 5.02 Å². The lowest BCUT2D eigenvalue weighted by atomic mass is 10.0. The molecule has 0 fully saturated rings. The van der Waals surface area contributed by atoms with Crippen molar-refractivity contribution in [2.45, 2.75) is 89.5 Å². The second-order valence-electron chi connectivity index (χ2n) is 12.4. The minimum Gasteiger partial charge on any atom is -0.496 e. The first-order valence-corrected chi connectivity index (χ1v) is 18.2. The standard InChI is InChI=1S/C33H45ClN6O7S2/c1-19-17-26(46-7)20(2)21(3)28(19)49(44,45)40-31(35)37-14-8-9-24(27(41)30-36-15-16-48-30)38-29(42)25(39-32(43)47-33(4,5)6)18-22-10-12-23(34)13-11-22/h10-13,15-17,24-25,27,41H,8-9,14,18H2,1-7H3,(H,38,42)(H,39,43)(H3,35,37,40)/t24-,25-,27?/m0/s1. The smallest absolute Gasteiger partial charge is 0.408 e. The number of carbonyl (C=O) groups is 2. The fourth-order valence-electron chi connectivity index (χ4n) is 5.04. The van der Waals surface area contributed by atoms with Gasteiger partial charge in [0, 0.05) is 29.6 Å². The maximum absolute atomic E-state index is 13.7. The molecule has 3 rings (SSSR count). The van der Waals surface area contributed by atoms with E-state index >= 15 is 0 Å². The number of ether oxygens (including phenoxy) is 2. The number of amides is 2. The monoisotopic (exact) mass is 736 g/mol. The van der Waals surface area contributed by atoms with E-state index in [1.165, 1.54) is 18.4 Å². The van der Waals surface area contributed by atoms with Crippen molar-refractivity contribution in [3.8, 4) is 5.75 Å². The zero-order chi connectivity index (χ0) is 36.5. The summed E-state index contributed by atoms with van der Waals surface area (Å²) in [7, 11) is -2.54. The Balaban J connectivity index is 1.75. The summed E-state index contributed by atoms with van der Waals surface area (Å²) in [5.74, 6) is -0.287. The Morgan fingerprint density at radius 2 is 1.80 bits per heavy atom. The number of hydrogen-bond donors (Lipinski definition) is 5. The number of alkyl carbamates (subject to hydrolysis) is 1. The van der Waals surface area contributed by atoms with Crippen molar-refractivity contribution < 1.29 is 32.6 Å². The molecule has 0 bridgehead atoms. The summed E-state index contributed by atoms with van der Waals surface area (Å²) in [4.78, 5) is 34.8. The van der Waals surface area contributed by atoms with Crippen LogP contribution in [0.25, 0.3) is 0 Å². The minimum absolute atomic E-state index is 0.0787. The third kappa shape index (κ3) is 11.6. The second kappa shape index (κ2) is 17.1. The van der Waals surface area contributed by atoms with E-state index in [0.29, 0.717) is 38.9 Å². The number of benzene rings is 2. The van der Waals surface area contributed by atoms with Crippen LogP contribution < -0.4 is 25.8 Å². The van der Waals surface area contributed by atoms with E-state index in [1.807, 2.05) is 0 Å². The number of nitrogens with two attached hydrogens (primary N) is 1. The van der Waals surface area contributed by atoms with E-state index in [2.05, 4.69) is 25.3 Å². The third-order valence-corrected chi connectivity index (χ3v) is 10.2. The van der Waals surface area contributed by atoms with E-state index in [1.54, 1.807) is 83.5 Å². The lowest BCUT2D eigenvalue weighted by Crippen LogP contribution is -2.52. The molecule has 13 nitrogen and oxygen atoms in total. The number of methoxy groups -OCH3 is 1. The number of hydrogen-bond acceptors (Lipinski definition) is 10. The van der Waals surface area contributed by atoms with Crippen LogP contribution in [-0.2, 0) is 26.0 Å². The van der Waals surface area contributed by atoms with Crippen LogP contribution in [0.15, 0.2) is 51.8 Å². The van der Waals surface area contributed by atoms with Gasteiger partial charge in [-0.05, 0) is 94.8 Å². The number of halogens is 1. The van der Waals surface area contributed by atoms with Crippen molar-refractivity contribution in [2.75, 3.05) is 13.7 Å². The summed E-state index contributed by atoms with van der Waals surface area (Å²) in [5.41, 5.74) is 7.64. The number of aliphatic imine (C=N–C) groups is 1. The van der Waals surface area contributed by atoms with Gasteiger partial charge in [0.2, 0.25) is 11.9 Å². The summed E-state index contributed by atoms with van der Waals surface area (Å²) in [6.07, 6.45) is 0.228. The molecule has 49 heavy (non-hydrogen) atoms. The number of aliphatic hydroxyl groups is 1. The topological polar surface area (TPSA) is 194 Å². The lowest BCUT2D eigenvalue weighted by Gasteiger charge is -2.27. The van der Waals surface area contributed by atoms with Crippen molar-refractivity contribution in [3.05, 3.63) is 74.2 Å². The Labute approximate surface area is 296 Å². The number of aliphatic hydroxyl groups excluding tert-OH is 1. The first kappa shape index (κ1) is 39.5. The predicted octanol–water partition coefficient (Wildman–Crippen LogP) is 4.46. The number of nitrogens with one attached hydrogen (secondary N) is 3. The summed E-state index contributed by atoms with van der Waals surface area (Å²) >= 11 is 7.25. The van der Waals surface area contributed by atoms with Crippen molar-refractivity contribution in [1.29, 1.82) is 0 Å². The maximum atomic E-state index is 13.7. The normalized spacial score (nSPS) is 14.0. The number of guanidine groups is 1. The molecule has 0 aliphatic heterocycles. The van der Waals surface area contributed by atoms with Gasteiger partial charge < -0.3 is 30.9 Å². The van der Waals surface area contributed by atoms with Crippen LogP contribution >= 0.6 is 22.9 Å². The van der Waals surface area contributed by atoms with E-state index < -0.39 is 45.8 Å². The number of nitrogens with zero attached hydrogens (tertiary/aromatic N) is 2. The van der Waals surface area contributed by atoms with E-state index in [-0.39, 0.29) is 30.2 Å². The van der Waals surface area contributed by atoms with Crippen LogP contribution in [-0.4, -0.2) is 67.8 Å². The van der Waals surface area contributed by atoms with Gasteiger partial charge in [-0.15, -0.1) is 11.3 Å². The highest BCUT2D eigenvalue weighted by atomic mass is 35.5. The molecule has 0 spiro atoms. The molecule has 0 aliphatic rings. The molecule has 2 aromatic carbocycles. The van der Waals surface area contributed by atoms with Gasteiger partial charge in [-0.3, -0.25) is 9.79 Å². The highest BCUT2D eigenvalue weighted by molar-refractivity contribution is 7.90. The summed E-state index contributed by atoms with van der Waals surface area (Å²) in [5, 5.41) is 19.3. The summed E-state index contributed by atoms with van der Waals surface area (Å²) < 4.78 is 39.5. The Bertz CT molecular complexity index is 1730. The fourth-order valence-corrected chi connectivity index (χ4v) is 7.33. The molecule has 268 valence electrons. The summed E-state index contributed by atoms with van der Waals surface area (Å²) in [6.45, 7) is 10.3. The first-order chi connectivity index (χ1) is 22.9. The van der Waals surface area contributed by atoms with Crippen molar-refractivity contribution in [1.82, 2.24) is 20.3 Å². The molecule has 0 aliphatic carbocycles. The largest absolute Gasteiger partial charge is 0.496 e. The van der Waals surface area contributed by atoms with Gasteiger partial charge in [0.15, 0.2) is 0 Å². The third-order valence-electron chi connectivity index (χ3n) is 7.44. The lowest BCUT2D eigenvalue weighted by molar-refractivity contribution is -0.124. The number of rotatable bonds is 14. The Kier molecular flexibility index (Phi) is 13.8. The zero-order valence-electron chi connectivity index (χ0n) is 28.7. The minimum atomic E-state index is -4.06. The molecule has 1 heterocycles. The number of aryl methyl sites for hydroxylation is 1. The number of sulfonamides is 1. The molecular weight excluding hydrogens is 692 g/mol. The Hall–Kier alpha value is -3.92. The molecule has 0 saturated heterocycles. The molecule has 3 aromatic rings. The number of carbonyl (C=O) groups excluding carboxylic acids is 2. The summed E-state index contributed by atoms with van der Waals surface area (Å²) in [6, 6.07) is 6.61. The van der Waals surface area contributed by atoms with Gasteiger partial charge in [-0.2, -0.15) is 0 Å². The van der Waals surface area contributed by atoms with Crippen LogP contribution in [0.1, 0.15) is 67.0 Å². The van der Waals surface area contributed by atoms with Crippen molar-refractivity contribution >= 4 is 50.9 Å². The average Bonchev–Trinajstić information content (AvgIpc) is 3.54. The molecule has 0 saturated carbocycles. The molecule has 0 radical (unpaired) electrons. The van der Waals surface area contributed by atoms with Crippen LogP contribution in [0.3, 0.4) is 0 Å². The highest BCUT2D eigenvalue weighted by Crippen LogP contribution is 2.30. The first-order valence-electron chi connectivity index (χ1n) is 15.5. The molecule has 6 N–H and O–H groups in total. The van der Waals surface area contributed by atoms with E-state index in [4.69, 9.17) is 26.8 Å². The highest BCUT2D eigenvalue weighted by Gasteiger charge is 2.30. The van der Waals surface area contributed by atoms with E-state index in [9.17, 15) is 23.1 Å². The Morgan fingerprint density at radius 3 is 2.39 bits per heavy atom. The molecular formula is C33H45ClN6O7S2. The molecule has 1 aromatic heterocycles. The van der Waals surface area contributed by atoms with Gasteiger partial charge in [-0.25, -0.2) is 22.9 Å². The molecule has 3 atom stereocenters. The van der Waals surface area contributed by atoms with E-state index in [0.717, 1.165) is 5.56 Å². The second-order valence-corrected chi connectivity index (χ2v) is 15.4. The average molecular weight is 737 g/mol. The van der Waals surface area contributed by atoms with Crippen molar-refractivity contribution in [2.24, 2.45) is 10.7 Å². The predicted molar refractivity (Wildman–Crippen MR) is 191 cm³/mol. The quantitative estimate of drug-likeness (QED) is 0.0903. The maximum Gasteiger partial charge on any atom is 0.408 e. The molecule has 1 unspecified atom stereocenters. The van der Waals surface area contributed by atoms with Gasteiger partial charge in [0.25, 0.3) is 10.0 Å². The molecule has 16 heteroatoms. The van der Waals surface area contributed by atoms with Gasteiger partial charge >= 0.3 is 6.09 Å². The zero-order valence-corrected chi connectivity index (χ0v) is 31.1. The van der Waals surface area contributed by atoms with Crippen LogP contribution in [0.5, 0.6) is 5.75 Å². The SMILES string of the molecule is COc1cc(C)c(S(=O)(=O)NC(N)=NCCC[C@H](NC(=O)[C@H](Cc2ccc(Cl)cc2)NC(=O)OC(C)(C)C)C(O)c2nccs2)c(C)c1C. The van der Waals surface area contributed by atoms with Crippen LogP contribution in [0, 0.1) is 20.8 Å². The fraction of sp³-hybridized carbons (Fsp3) is 0.455. The van der Waals surface area contributed by atoms with Gasteiger partial charge in [0.1, 0.15) is 28.5 Å². The number of thiazole rings is 1. The van der Waals surface area contributed by atoms with Crippen LogP contribution in [0.4, 0.5) is 4.79 Å². The molecule has 2 amide bonds. The number of aromatic nitrogens is 1. The van der Waals surface area contributed by atoms with Gasteiger partial charge in [-0.1, -0.05) is 23.7 Å².